The Morgan fingerprint density at radius 2 is 1.79 bits per heavy atom. The van der Waals surface area contributed by atoms with Crippen molar-refractivity contribution in [3.8, 4) is 0 Å². The number of nitrogens with zero attached hydrogens (tertiary/aromatic N) is 2. The van der Waals surface area contributed by atoms with Crippen LogP contribution in [0.2, 0.25) is 0 Å². The zero-order chi connectivity index (χ0) is 17.3. The van der Waals surface area contributed by atoms with Crippen molar-refractivity contribution >= 4 is 16.8 Å². The number of amides is 1. The van der Waals surface area contributed by atoms with Crippen molar-refractivity contribution in [3.05, 3.63) is 65.4 Å². The van der Waals surface area contributed by atoms with Gasteiger partial charge in [0, 0.05) is 19.0 Å². The summed E-state index contributed by atoms with van der Waals surface area (Å²) in [6.07, 6.45) is -4.46. The van der Waals surface area contributed by atoms with Gasteiger partial charge in [0.2, 0.25) is 0 Å². The molecule has 0 spiro atoms. The van der Waals surface area contributed by atoms with Crippen LogP contribution in [0.3, 0.4) is 0 Å². The smallest absolute Gasteiger partial charge is 0.336 e. The molecule has 2 aromatic carbocycles. The van der Waals surface area contributed by atoms with Gasteiger partial charge in [0.05, 0.1) is 11.1 Å². The summed E-state index contributed by atoms with van der Waals surface area (Å²) in [5.74, 6) is -0.440. The van der Waals surface area contributed by atoms with Gasteiger partial charge in [-0.3, -0.25) is 9.89 Å². The van der Waals surface area contributed by atoms with Crippen molar-refractivity contribution in [1.29, 1.82) is 0 Å². The summed E-state index contributed by atoms with van der Waals surface area (Å²) in [5, 5.41) is 7.37. The third kappa shape index (κ3) is 2.97. The van der Waals surface area contributed by atoms with E-state index in [0.29, 0.717) is 10.9 Å². The molecule has 124 valence electrons. The average molecular weight is 333 g/mol. The van der Waals surface area contributed by atoms with Gasteiger partial charge < -0.3 is 4.90 Å². The second-order valence-electron chi connectivity index (χ2n) is 5.43. The lowest BCUT2D eigenvalue weighted by Crippen LogP contribution is -2.28. The third-order valence-electron chi connectivity index (χ3n) is 3.75. The molecule has 1 aromatic heterocycles. The predicted molar refractivity (Wildman–Crippen MR) is 83.3 cm³/mol. The molecule has 0 fully saturated rings. The summed E-state index contributed by atoms with van der Waals surface area (Å²) in [5.41, 5.74) is 0.194. The fourth-order valence-electron chi connectivity index (χ4n) is 2.57. The first-order valence-electron chi connectivity index (χ1n) is 7.21. The Labute approximate surface area is 135 Å². The lowest BCUT2D eigenvalue weighted by molar-refractivity contribution is -0.138. The topological polar surface area (TPSA) is 49.0 Å². The highest BCUT2D eigenvalue weighted by molar-refractivity contribution is 6.04. The number of para-hydroxylation sites is 1. The normalized spacial score (nSPS) is 11.7. The van der Waals surface area contributed by atoms with Gasteiger partial charge in [-0.15, -0.1) is 0 Å². The van der Waals surface area contributed by atoms with Gasteiger partial charge in [-0.1, -0.05) is 36.4 Å². The van der Waals surface area contributed by atoms with Crippen LogP contribution in [-0.4, -0.2) is 28.1 Å². The molecule has 0 bridgehead atoms. The van der Waals surface area contributed by atoms with Crippen LogP contribution in [0.1, 0.15) is 21.6 Å². The van der Waals surface area contributed by atoms with Gasteiger partial charge in [0.1, 0.15) is 0 Å². The van der Waals surface area contributed by atoms with Gasteiger partial charge in [-0.05, 0) is 17.7 Å². The molecular formula is C17H14F3N3O. The Hall–Kier alpha value is -2.83. The number of nitrogens with one attached hydrogen (secondary N) is 1. The summed E-state index contributed by atoms with van der Waals surface area (Å²) >= 11 is 0. The van der Waals surface area contributed by atoms with E-state index in [-0.39, 0.29) is 17.8 Å². The maximum atomic E-state index is 13.1. The van der Waals surface area contributed by atoms with Gasteiger partial charge >= 0.3 is 6.18 Å². The summed E-state index contributed by atoms with van der Waals surface area (Å²) in [7, 11) is 1.46. The molecule has 3 aromatic rings. The van der Waals surface area contributed by atoms with Gasteiger partial charge in [0.25, 0.3) is 5.91 Å². The van der Waals surface area contributed by atoms with E-state index in [1.807, 2.05) is 0 Å². The number of hydrogen-bond acceptors (Lipinski definition) is 2. The van der Waals surface area contributed by atoms with Gasteiger partial charge in [0.15, 0.2) is 5.69 Å². The van der Waals surface area contributed by atoms with E-state index in [1.54, 1.807) is 24.3 Å². The highest BCUT2D eigenvalue weighted by Crippen LogP contribution is 2.32. The molecule has 0 aliphatic heterocycles. The minimum atomic E-state index is -4.46. The van der Waals surface area contributed by atoms with Crippen molar-refractivity contribution in [3.63, 3.8) is 0 Å². The largest absolute Gasteiger partial charge is 0.416 e. The van der Waals surface area contributed by atoms with Gasteiger partial charge in [-0.2, -0.15) is 18.3 Å². The number of alkyl halides is 3. The summed E-state index contributed by atoms with van der Waals surface area (Å²) in [6, 6.07) is 12.3. The van der Waals surface area contributed by atoms with E-state index >= 15 is 0 Å². The average Bonchev–Trinajstić information content (AvgIpc) is 2.97. The number of aromatic nitrogens is 2. The van der Waals surface area contributed by atoms with Crippen LogP contribution in [0.25, 0.3) is 10.9 Å². The Bertz CT molecular complexity index is 886. The van der Waals surface area contributed by atoms with Crippen molar-refractivity contribution in [2.75, 3.05) is 7.05 Å². The van der Waals surface area contributed by atoms with Crippen LogP contribution in [0.15, 0.2) is 48.5 Å². The Kier molecular flexibility index (Phi) is 4.01. The fourth-order valence-corrected chi connectivity index (χ4v) is 2.57. The maximum absolute atomic E-state index is 13.1. The van der Waals surface area contributed by atoms with Crippen LogP contribution >= 0.6 is 0 Å². The SMILES string of the molecule is CN(Cc1ccccc1C(F)(F)F)C(=O)c1n[nH]c2ccccc12. The maximum Gasteiger partial charge on any atom is 0.416 e. The summed E-state index contributed by atoms with van der Waals surface area (Å²) in [6.45, 7) is -0.157. The summed E-state index contributed by atoms with van der Waals surface area (Å²) < 4.78 is 39.2. The second-order valence-corrected chi connectivity index (χ2v) is 5.43. The Balaban J connectivity index is 1.88. The molecule has 0 aliphatic rings. The Morgan fingerprint density at radius 3 is 2.54 bits per heavy atom. The second kappa shape index (κ2) is 5.99. The van der Waals surface area contributed by atoms with E-state index in [9.17, 15) is 18.0 Å². The minimum Gasteiger partial charge on any atom is -0.336 e. The highest BCUT2D eigenvalue weighted by Gasteiger charge is 2.33. The van der Waals surface area contributed by atoms with E-state index in [1.165, 1.54) is 30.1 Å². The molecule has 1 heterocycles. The number of carbonyl (C=O) groups excluding carboxylic acids is 1. The molecule has 0 radical (unpaired) electrons. The number of rotatable bonds is 3. The predicted octanol–water partition coefficient (Wildman–Crippen LogP) is 3.85. The van der Waals surface area contributed by atoms with Crippen LogP contribution in [0.4, 0.5) is 13.2 Å². The zero-order valence-electron chi connectivity index (χ0n) is 12.8. The molecule has 1 N–H and O–H groups in total. The molecule has 0 saturated heterocycles. The number of halogens is 3. The monoisotopic (exact) mass is 333 g/mol. The van der Waals surface area contributed by atoms with Crippen molar-refractivity contribution in [2.45, 2.75) is 12.7 Å². The van der Waals surface area contributed by atoms with Crippen LogP contribution in [0.5, 0.6) is 0 Å². The van der Waals surface area contributed by atoms with E-state index < -0.39 is 17.6 Å². The van der Waals surface area contributed by atoms with E-state index in [2.05, 4.69) is 10.2 Å². The summed E-state index contributed by atoms with van der Waals surface area (Å²) in [4.78, 5) is 13.8. The van der Waals surface area contributed by atoms with Gasteiger partial charge in [-0.25, -0.2) is 0 Å². The van der Waals surface area contributed by atoms with Crippen molar-refractivity contribution < 1.29 is 18.0 Å². The molecule has 0 atom stereocenters. The molecule has 0 unspecified atom stereocenters. The first-order chi connectivity index (χ1) is 11.4. The number of aromatic amines is 1. The lowest BCUT2D eigenvalue weighted by atomic mass is 10.1. The molecular weight excluding hydrogens is 319 g/mol. The highest BCUT2D eigenvalue weighted by atomic mass is 19.4. The molecule has 4 nitrogen and oxygen atoms in total. The van der Waals surface area contributed by atoms with Crippen molar-refractivity contribution in [1.82, 2.24) is 15.1 Å². The van der Waals surface area contributed by atoms with Crippen LogP contribution in [-0.2, 0) is 12.7 Å². The number of hydrogen-bond donors (Lipinski definition) is 1. The molecule has 1 amide bonds. The number of carbonyl (C=O) groups is 1. The van der Waals surface area contributed by atoms with E-state index in [0.717, 1.165) is 6.07 Å². The quantitative estimate of drug-likeness (QED) is 0.791. The van der Waals surface area contributed by atoms with Crippen LogP contribution < -0.4 is 0 Å². The van der Waals surface area contributed by atoms with Crippen molar-refractivity contribution in [2.24, 2.45) is 0 Å². The minimum absolute atomic E-state index is 0.0423. The molecule has 0 aliphatic carbocycles. The molecule has 7 heteroatoms. The molecule has 24 heavy (non-hydrogen) atoms. The lowest BCUT2D eigenvalue weighted by Gasteiger charge is -2.19. The first kappa shape index (κ1) is 16.0. The number of H-pyrrole nitrogens is 1. The molecule has 0 saturated carbocycles. The zero-order valence-corrected chi connectivity index (χ0v) is 12.8. The molecule has 3 rings (SSSR count). The first-order valence-corrected chi connectivity index (χ1v) is 7.21. The van der Waals surface area contributed by atoms with E-state index in [4.69, 9.17) is 0 Å². The number of benzene rings is 2. The third-order valence-corrected chi connectivity index (χ3v) is 3.75. The van der Waals surface area contributed by atoms with Crippen LogP contribution in [0, 0.1) is 0 Å². The standard InChI is InChI=1S/C17H14F3N3O/c1-23(10-11-6-2-4-8-13(11)17(18,19)20)16(24)15-12-7-3-5-9-14(12)21-22-15/h2-9H,10H2,1H3,(H,21,22). The Morgan fingerprint density at radius 1 is 1.12 bits per heavy atom. The fraction of sp³-hybridized carbons (Fsp3) is 0.176. The number of fused-ring (bicyclic) bond motifs is 1.